The van der Waals surface area contributed by atoms with E-state index in [9.17, 15) is 14.9 Å². The fraction of sp³-hybridized carbons (Fsp3) is 0.150. The molecule has 0 saturated heterocycles. The first-order valence-electron chi connectivity index (χ1n) is 8.06. The fourth-order valence-corrected chi connectivity index (χ4v) is 2.72. The molecule has 0 unspecified atom stereocenters. The van der Waals surface area contributed by atoms with Gasteiger partial charge in [-0.25, -0.2) is 4.79 Å². The molecule has 1 aliphatic rings. The Morgan fingerprint density at radius 2 is 1.89 bits per heavy atom. The molecule has 1 heterocycles. The smallest absolute Gasteiger partial charge is 0.343 e. The molecule has 0 bridgehead atoms. The molecule has 138 valence electrons. The standard InChI is InChI=1S/C20H17NO6/c1-12-4-5-13(9-17(12)21(23)24)8-14-10-19(27-20(14)22)16-7-6-15(25-2)11-18(16)26-3/h4-11H,1-3H3/b14-8-. The molecule has 27 heavy (non-hydrogen) atoms. The van der Waals surface area contributed by atoms with Crippen LogP contribution in [0.2, 0.25) is 0 Å². The minimum Gasteiger partial charge on any atom is -0.497 e. The summed E-state index contributed by atoms with van der Waals surface area (Å²) >= 11 is 0. The molecule has 0 radical (unpaired) electrons. The number of aryl methyl sites for hydroxylation is 1. The van der Waals surface area contributed by atoms with Crippen molar-refractivity contribution < 1.29 is 23.9 Å². The van der Waals surface area contributed by atoms with Crippen LogP contribution in [-0.2, 0) is 9.53 Å². The molecular formula is C20H17NO6. The number of ether oxygens (including phenoxy) is 3. The minimum absolute atomic E-state index is 0.00302. The van der Waals surface area contributed by atoms with E-state index < -0.39 is 10.9 Å². The second kappa shape index (κ2) is 7.33. The first kappa shape index (κ1) is 18.2. The molecule has 0 spiro atoms. The largest absolute Gasteiger partial charge is 0.497 e. The van der Waals surface area contributed by atoms with Crippen LogP contribution in [0.15, 0.2) is 48.0 Å². The maximum absolute atomic E-state index is 12.2. The number of hydrogen-bond donors (Lipinski definition) is 0. The van der Waals surface area contributed by atoms with Crippen molar-refractivity contribution >= 4 is 23.5 Å². The topological polar surface area (TPSA) is 87.9 Å². The van der Waals surface area contributed by atoms with E-state index in [2.05, 4.69) is 0 Å². The number of nitrogens with zero attached hydrogens (tertiary/aromatic N) is 1. The third-order valence-corrected chi connectivity index (χ3v) is 4.15. The van der Waals surface area contributed by atoms with Gasteiger partial charge in [0.1, 0.15) is 17.3 Å². The van der Waals surface area contributed by atoms with Gasteiger partial charge in [0.05, 0.1) is 30.3 Å². The molecule has 7 nitrogen and oxygen atoms in total. The zero-order chi connectivity index (χ0) is 19.6. The van der Waals surface area contributed by atoms with Crippen LogP contribution in [0.25, 0.3) is 11.8 Å². The van der Waals surface area contributed by atoms with Crippen molar-refractivity contribution in [2.24, 2.45) is 0 Å². The van der Waals surface area contributed by atoms with Crippen molar-refractivity contribution in [3.8, 4) is 11.5 Å². The lowest BCUT2D eigenvalue weighted by molar-refractivity contribution is -0.385. The second-order valence-corrected chi connectivity index (χ2v) is 5.87. The predicted molar refractivity (Wildman–Crippen MR) is 99.4 cm³/mol. The summed E-state index contributed by atoms with van der Waals surface area (Å²) in [5.74, 6) is 0.919. The van der Waals surface area contributed by atoms with Crippen LogP contribution in [0.5, 0.6) is 11.5 Å². The molecule has 2 aromatic carbocycles. The van der Waals surface area contributed by atoms with Gasteiger partial charge in [0, 0.05) is 17.7 Å². The van der Waals surface area contributed by atoms with Crippen molar-refractivity contribution in [1.82, 2.24) is 0 Å². The normalized spacial score (nSPS) is 14.7. The summed E-state index contributed by atoms with van der Waals surface area (Å²) in [6.45, 7) is 1.66. The van der Waals surface area contributed by atoms with Crippen molar-refractivity contribution in [1.29, 1.82) is 0 Å². The molecule has 0 aliphatic carbocycles. The molecule has 3 rings (SSSR count). The van der Waals surface area contributed by atoms with Crippen LogP contribution in [0.1, 0.15) is 16.7 Å². The molecule has 0 aromatic heterocycles. The third kappa shape index (κ3) is 3.67. The zero-order valence-electron chi connectivity index (χ0n) is 15.0. The van der Waals surface area contributed by atoms with Crippen LogP contribution in [0.4, 0.5) is 5.69 Å². The Bertz CT molecular complexity index is 990. The Labute approximate surface area is 155 Å². The van der Waals surface area contributed by atoms with Gasteiger partial charge >= 0.3 is 5.97 Å². The summed E-state index contributed by atoms with van der Waals surface area (Å²) in [5.41, 5.74) is 1.98. The van der Waals surface area contributed by atoms with E-state index in [0.29, 0.717) is 39.5 Å². The molecule has 7 heteroatoms. The Hall–Kier alpha value is -3.61. The highest BCUT2D eigenvalue weighted by Crippen LogP contribution is 2.35. The average Bonchev–Trinajstić information content (AvgIpc) is 3.02. The molecule has 0 fully saturated rings. The van der Waals surface area contributed by atoms with E-state index in [1.165, 1.54) is 13.2 Å². The summed E-state index contributed by atoms with van der Waals surface area (Å²) in [4.78, 5) is 22.9. The highest BCUT2D eigenvalue weighted by Gasteiger charge is 2.24. The Morgan fingerprint density at radius 3 is 2.56 bits per heavy atom. The van der Waals surface area contributed by atoms with E-state index >= 15 is 0 Å². The van der Waals surface area contributed by atoms with Gasteiger partial charge in [-0.1, -0.05) is 12.1 Å². The maximum Gasteiger partial charge on any atom is 0.343 e. The Balaban J connectivity index is 1.99. The van der Waals surface area contributed by atoms with Crippen LogP contribution < -0.4 is 9.47 Å². The second-order valence-electron chi connectivity index (χ2n) is 5.87. The highest BCUT2D eigenvalue weighted by atomic mass is 16.6. The summed E-state index contributed by atoms with van der Waals surface area (Å²) < 4.78 is 15.8. The molecule has 0 N–H and O–H groups in total. The van der Waals surface area contributed by atoms with Gasteiger partial charge in [-0.15, -0.1) is 0 Å². The molecular weight excluding hydrogens is 350 g/mol. The summed E-state index contributed by atoms with van der Waals surface area (Å²) in [7, 11) is 3.06. The molecule has 1 aliphatic heterocycles. The van der Waals surface area contributed by atoms with Gasteiger partial charge in [0.2, 0.25) is 0 Å². The first-order valence-corrected chi connectivity index (χ1v) is 8.06. The quantitative estimate of drug-likeness (QED) is 0.345. The monoisotopic (exact) mass is 367 g/mol. The number of nitro groups is 1. The molecule has 0 atom stereocenters. The van der Waals surface area contributed by atoms with Gasteiger partial charge in [0.15, 0.2) is 0 Å². The van der Waals surface area contributed by atoms with E-state index in [1.54, 1.807) is 56.5 Å². The SMILES string of the molecule is COc1ccc(C2=C/C(=C/c3ccc(C)c([N+](=O)[O-])c3)C(=O)O2)c(OC)c1. The number of cyclic esters (lactones) is 1. The van der Waals surface area contributed by atoms with Gasteiger partial charge < -0.3 is 14.2 Å². The lowest BCUT2D eigenvalue weighted by Gasteiger charge is -2.10. The maximum atomic E-state index is 12.2. The molecule has 0 amide bonds. The van der Waals surface area contributed by atoms with E-state index in [0.717, 1.165) is 0 Å². The number of rotatable bonds is 5. The minimum atomic E-state index is -0.536. The number of carbonyl (C=O) groups is 1. The lowest BCUT2D eigenvalue weighted by atomic mass is 10.1. The fourth-order valence-electron chi connectivity index (χ4n) is 2.72. The van der Waals surface area contributed by atoms with E-state index in [4.69, 9.17) is 14.2 Å². The number of benzene rings is 2. The van der Waals surface area contributed by atoms with E-state index in [1.807, 2.05) is 0 Å². The number of methoxy groups -OCH3 is 2. The average molecular weight is 367 g/mol. The Morgan fingerprint density at radius 1 is 1.11 bits per heavy atom. The van der Waals surface area contributed by atoms with Gasteiger partial charge in [0.25, 0.3) is 5.69 Å². The summed E-state index contributed by atoms with van der Waals surface area (Å²) in [6, 6.07) is 9.93. The number of esters is 1. The van der Waals surface area contributed by atoms with Gasteiger partial charge in [-0.2, -0.15) is 0 Å². The first-order chi connectivity index (χ1) is 12.9. The Kier molecular flexibility index (Phi) is 4.94. The lowest BCUT2D eigenvalue weighted by Crippen LogP contribution is -1.99. The van der Waals surface area contributed by atoms with Crippen LogP contribution >= 0.6 is 0 Å². The summed E-state index contributed by atoms with van der Waals surface area (Å²) in [5, 5.41) is 11.1. The number of carbonyl (C=O) groups excluding carboxylic acids is 1. The van der Waals surface area contributed by atoms with Crippen molar-refractivity contribution in [3.63, 3.8) is 0 Å². The predicted octanol–water partition coefficient (Wildman–Crippen LogP) is 3.90. The van der Waals surface area contributed by atoms with Gasteiger partial charge in [-0.3, -0.25) is 10.1 Å². The number of nitro benzene ring substituents is 1. The molecule has 2 aromatic rings. The van der Waals surface area contributed by atoms with E-state index in [-0.39, 0.29) is 5.69 Å². The highest BCUT2D eigenvalue weighted by molar-refractivity contribution is 6.05. The van der Waals surface area contributed by atoms with Crippen LogP contribution in [0, 0.1) is 17.0 Å². The zero-order valence-corrected chi connectivity index (χ0v) is 15.0. The number of hydrogen-bond acceptors (Lipinski definition) is 6. The van der Waals surface area contributed by atoms with Crippen molar-refractivity contribution in [2.75, 3.05) is 14.2 Å². The van der Waals surface area contributed by atoms with Gasteiger partial charge in [-0.05, 0) is 36.8 Å². The van der Waals surface area contributed by atoms with Crippen molar-refractivity contribution in [3.05, 3.63) is 74.9 Å². The third-order valence-electron chi connectivity index (χ3n) is 4.15. The summed E-state index contributed by atoms with van der Waals surface area (Å²) in [6.07, 6.45) is 3.14. The van der Waals surface area contributed by atoms with Crippen molar-refractivity contribution in [2.45, 2.75) is 6.92 Å². The molecule has 0 saturated carbocycles. The van der Waals surface area contributed by atoms with Crippen LogP contribution in [0.3, 0.4) is 0 Å². The van der Waals surface area contributed by atoms with Crippen LogP contribution in [-0.4, -0.2) is 25.1 Å².